The van der Waals surface area contributed by atoms with Crippen molar-refractivity contribution in [3.05, 3.63) is 64.5 Å². The summed E-state index contributed by atoms with van der Waals surface area (Å²) in [5.41, 5.74) is 5.83. The van der Waals surface area contributed by atoms with E-state index in [1.54, 1.807) is 18.2 Å². The molecule has 3 atom stereocenters. The highest BCUT2D eigenvalue weighted by Crippen LogP contribution is 2.32. The highest BCUT2D eigenvalue weighted by Gasteiger charge is 2.49. The lowest BCUT2D eigenvalue weighted by Crippen LogP contribution is -2.54. The van der Waals surface area contributed by atoms with Gasteiger partial charge in [-0.1, -0.05) is 30.0 Å². The molecule has 2 aromatic carbocycles. The first-order valence-corrected chi connectivity index (χ1v) is 14.9. The van der Waals surface area contributed by atoms with Gasteiger partial charge in [0.1, 0.15) is 5.60 Å². The van der Waals surface area contributed by atoms with E-state index in [0.29, 0.717) is 24.1 Å². The quantitative estimate of drug-likeness (QED) is 0.232. The molecule has 3 heterocycles. The molecule has 0 spiro atoms. The molecule has 238 valence electrons. The van der Waals surface area contributed by atoms with Crippen LogP contribution in [0.5, 0.6) is 5.75 Å². The van der Waals surface area contributed by atoms with Gasteiger partial charge in [0.2, 0.25) is 5.54 Å². The second kappa shape index (κ2) is 12.5. The molecule has 4 amide bonds. The number of nitrogens with one attached hydrogen (secondary N) is 2. The van der Waals surface area contributed by atoms with Gasteiger partial charge in [0.05, 0.1) is 19.2 Å². The Hall–Kier alpha value is -4.47. The maximum absolute atomic E-state index is 14.9. The minimum Gasteiger partial charge on any atom is -0.494 e. The molecule has 11 nitrogen and oxygen atoms in total. The lowest BCUT2D eigenvalue weighted by atomic mass is 9.98. The van der Waals surface area contributed by atoms with Gasteiger partial charge in [0.15, 0.2) is 11.6 Å². The largest absolute Gasteiger partial charge is 0.494 e. The number of urea groups is 1. The van der Waals surface area contributed by atoms with Crippen LogP contribution in [0, 0.1) is 23.6 Å². The van der Waals surface area contributed by atoms with Crippen LogP contribution in [0.2, 0.25) is 0 Å². The van der Waals surface area contributed by atoms with Crippen molar-refractivity contribution in [2.75, 3.05) is 33.3 Å². The molecule has 0 saturated carbocycles. The number of hydrogen-bond donors (Lipinski definition) is 3. The van der Waals surface area contributed by atoms with Crippen molar-refractivity contribution in [1.82, 2.24) is 20.4 Å². The summed E-state index contributed by atoms with van der Waals surface area (Å²) in [6, 6.07) is 9.70. The SMILES string of the molecule is COc1ccc2c(c1F)C(=O)N(C[C@@]1(C#Cc3ccc(C(CN)N4CCC(CC(=O)OC(C)(C)C)C4)cc3)NC(=O)NC1=O)C2. The fraction of sp³-hybridized carbons (Fsp3) is 0.455. The summed E-state index contributed by atoms with van der Waals surface area (Å²) in [5.74, 6) is 3.68. The van der Waals surface area contributed by atoms with Gasteiger partial charge in [-0.15, -0.1) is 0 Å². The number of nitrogens with two attached hydrogens (primary N) is 1. The van der Waals surface area contributed by atoms with E-state index >= 15 is 0 Å². The summed E-state index contributed by atoms with van der Waals surface area (Å²) in [6.07, 6.45) is 1.24. The third-order valence-corrected chi connectivity index (χ3v) is 8.22. The molecule has 2 unspecified atom stereocenters. The van der Waals surface area contributed by atoms with E-state index in [-0.39, 0.29) is 42.3 Å². The number of hydrogen-bond acceptors (Lipinski definition) is 8. The summed E-state index contributed by atoms with van der Waals surface area (Å²) >= 11 is 0. The van der Waals surface area contributed by atoms with Gasteiger partial charge in [-0.3, -0.25) is 24.6 Å². The summed E-state index contributed by atoms with van der Waals surface area (Å²) in [4.78, 5) is 54.2. The Morgan fingerprint density at radius 2 is 1.91 bits per heavy atom. The smallest absolute Gasteiger partial charge is 0.323 e. The number of benzene rings is 2. The van der Waals surface area contributed by atoms with E-state index in [4.69, 9.17) is 15.2 Å². The zero-order valence-corrected chi connectivity index (χ0v) is 25.9. The van der Waals surface area contributed by atoms with Gasteiger partial charge in [0.25, 0.3) is 11.8 Å². The summed E-state index contributed by atoms with van der Waals surface area (Å²) in [6.45, 7) is 7.27. The van der Waals surface area contributed by atoms with E-state index < -0.39 is 34.8 Å². The number of methoxy groups -OCH3 is 1. The second-order valence-corrected chi connectivity index (χ2v) is 12.7. The van der Waals surface area contributed by atoms with E-state index in [0.717, 1.165) is 25.1 Å². The summed E-state index contributed by atoms with van der Waals surface area (Å²) in [7, 11) is 1.31. The van der Waals surface area contributed by atoms with Gasteiger partial charge in [-0.25, -0.2) is 9.18 Å². The molecule has 2 saturated heterocycles. The second-order valence-electron chi connectivity index (χ2n) is 12.7. The number of ether oxygens (including phenoxy) is 2. The average Bonchev–Trinajstić information content (AvgIpc) is 3.63. The molecule has 5 rings (SSSR count). The van der Waals surface area contributed by atoms with E-state index in [1.807, 2.05) is 32.9 Å². The first kappa shape index (κ1) is 31.9. The first-order valence-electron chi connectivity index (χ1n) is 14.9. The van der Waals surface area contributed by atoms with E-state index in [2.05, 4.69) is 27.4 Å². The Balaban J connectivity index is 1.29. The predicted molar refractivity (Wildman–Crippen MR) is 162 cm³/mol. The van der Waals surface area contributed by atoms with Crippen molar-refractivity contribution >= 4 is 23.8 Å². The van der Waals surface area contributed by atoms with Crippen LogP contribution in [0.1, 0.15) is 66.7 Å². The van der Waals surface area contributed by atoms with E-state index in [9.17, 15) is 23.6 Å². The van der Waals surface area contributed by atoms with Crippen LogP contribution >= 0.6 is 0 Å². The molecule has 2 aromatic rings. The van der Waals surface area contributed by atoms with Gasteiger partial charge in [-0.2, -0.15) is 0 Å². The fourth-order valence-corrected chi connectivity index (χ4v) is 6.09. The Morgan fingerprint density at radius 1 is 1.18 bits per heavy atom. The summed E-state index contributed by atoms with van der Waals surface area (Å²) < 4.78 is 25.4. The van der Waals surface area contributed by atoms with E-state index in [1.165, 1.54) is 18.1 Å². The molecule has 3 aliphatic rings. The van der Waals surface area contributed by atoms with Crippen LogP contribution in [0.25, 0.3) is 0 Å². The fourth-order valence-electron chi connectivity index (χ4n) is 6.09. The normalized spacial score (nSPS) is 22.0. The molecule has 45 heavy (non-hydrogen) atoms. The predicted octanol–water partition coefficient (Wildman–Crippen LogP) is 2.47. The lowest BCUT2D eigenvalue weighted by molar-refractivity contribution is -0.155. The van der Waals surface area contributed by atoms with Gasteiger partial charge in [0, 0.05) is 37.7 Å². The third kappa shape index (κ3) is 6.79. The number of carbonyl (C=O) groups excluding carboxylic acids is 4. The molecular weight excluding hydrogens is 581 g/mol. The van der Waals surface area contributed by atoms with Crippen molar-refractivity contribution in [1.29, 1.82) is 0 Å². The van der Waals surface area contributed by atoms with Crippen molar-refractivity contribution < 1.29 is 33.0 Å². The van der Waals surface area contributed by atoms with Crippen molar-refractivity contribution in [2.45, 2.75) is 57.3 Å². The van der Waals surface area contributed by atoms with Crippen molar-refractivity contribution in [3.63, 3.8) is 0 Å². The molecule has 12 heteroatoms. The monoisotopic (exact) mass is 619 g/mol. The highest BCUT2D eigenvalue weighted by molar-refractivity contribution is 6.10. The number of likely N-dealkylation sites (tertiary alicyclic amines) is 1. The molecule has 4 N–H and O–H groups in total. The number of rotatable bonds is 8. The lowest BCUT2D eigenvalue weighted by Gasteiger charge is -2.27. The molecule has 2 fully saturated rings. The maximum Gasteiger partial charge on any atom is 0.323 e. The van der Waals surface area contributed by atoms with Crippen LogP contribution in [-0.2, 0) is 20.9 Å². The van der Waals surface area contributed by atoms with Crippen molar-refractivity contribution in [2.24, 2.45) is 11.7 Å². The molecule has 0 radical (unpaired) electrons. The molecule has 3 aliphatic heterocycles. The van der Waals surface area contributed by atoms with Gasteiger partial charge >= 0.3 is 12.0 Å². The van der Waals surface area contributed by atoms with Crippen LogP contribution in [0.4, 0.5) is 9.18 Å². The minimum absolute atomic E-state index is 0.0476. The Kier molecular flexibility index (Phi) is 8.87. The number of halogens is 1. The number of esters is 1. The highest BCUT2D eigenvalue weighted by atomic mass is 19.1. The van der Waals surface area contributed by atoms with Crippen molar-refractivity contribution in [3.8, 4) is 17.6 Å². The van der Waals surface area contributed by atoms with Crippen LogP contribution < -0.4 is 21.1 Å². The number of amides is 4. The van der Waals surface area contributed by atoms with Crippen LogP contribution in [-0.4, -0.2) is 78.0 Å². The van der Waals surface area contributed by atoms with Crippen LogP contribution in [0.3, 0.4) is 0 Å². The average molecular weight is 620 g/mol. The standard InChI is InChI=1S/C33H38FN5O6/c1-32(2,3)45-26(40)15-21-12-14-38(17-21)24(16-35)22-7-5-20(6-8-22)11-13-33(30(42)36-31(43)37-33)19-39-18-23-9-10-25(44-4)28(34)27(23)29(39)41/h5-10,21,24H,12,14-19,35H2,1-4H3,(H2,36,37,42,43)/t21?,24?,33-/m1/s1. The van der Waals surface area contributed by atoms with Gasteiger partial charge < -0.3 is 25.4 Å². The topological polar surface area (TPSA) is 143 Å². The number of fused-ring (bicyclic) bond motifs is 1. The Morgan fingerprint density at radius 3 is 2.53 bits per heavy atom. The number of imide groups is 1. The number of nitrogens with zero attached hydrogens (tertiary/aromatic N) is 2. The first-order chi connectivity index (χ1) is 21.3. The third-order valence-electron chi connectivity index (χ3n) is 8.22. The zero-order chi connectivity index (χ0) is 32.5. The Labute approximate surface area is 261 Å². The molecular formula is C33H38FN5O6. The minimum atomic E-state index is -1.73. The molecule has 0 aliphatic carbocycles. The molecule has 0 bridgehead atoms. The maximum atomic E-state index is 14.9. The van der Waals surface area contributed by atoms with Gasteiger partial charge in [-0.05, 0) is 69.0 Å². The molecule has 0 aromatic heterocycles. The zero-order valence-electron chi connectivity index (χ0n) is 25.9. The summed E-state index contributed by atoms with van der Waals surface area (Å²) in [5, 5.41) is 4.76. The Bertz CT molecular complexity index is 1580. The number of carbonyl (C=O) groups is 4. The van der Waals surface area contributed by atoms with Crippen LogP contribution in [0.15, 0.2) is 36.4 Å².